The number of hydrogen-bond acceptors (Lipinski definition) is 4. The van der Waals surface area contributed by atoms with Crippen molar-refractivity contribution in [2.24, 2.45) is 0 Å². The number of amides is 2. The molecule has 180 valence electrons. The molecule has 33 heavy (non-hydrogen) atoms. The van der Waals surface area contributed by atoms with Gasteiger partial charge in [0.15, 0.2) is 0 Å². The van der Waals surface area contributed by atoms with Crippen molar-refractivity contribution in [2.75, 3.05) is 26.7 Å². The Bertz CT molecular complexity index is 981. The minimum absolute atomic E-state index is 0.157. The molecule has 0 unspecified atom stereocenters. The van der Waals surface area contributed by atoms with E-state index in [1.54, 1.807) is 42.2 Å². The summed E-state index contributed by atoms with van der Waals surface area (Å²) in [7, 11) is -2.08. The highest BCUT2D eigenvalue weighted by atomic mass is 32.2. The number of carbonyl (C=O) groups excluding carboxylic acids is 2. The van der Waals surface area contributed by atoms with Crippen molar-refractivity contribution in [2.45, 2.75) is 50.5 Å². The van der Waals surface area contributed by atoms with Gasteiger partial charge in [0, 0.05) is 33.1 Å². The predicted octanol–water partition coefficient (Wildman–Crippen LogP) is 3.07. The molecule has 7 nitrogen and oxygen atoms in total. The number of nitrogens with one attached hydrogen (secondary N) is 1. The summed E-state index contributed by atoms with van der Waals surface area (Å²) in [5.41, 5.74) is 1.09. The van der Waals surface area contributed by atoms with Crippen LogP contribution in [-0.4, -0.2) is 62.2 Å². The summed E-state index contributed by atoms with van der Waals surface area (Å²) in [6, 6.07) is 17.5. The minimum Gasteiger partial charge on any atom is -0.354 e. The van der Waals surface area contributed by atoms with Gasteiger partial charge in [-0.15, -0.1) is 0 Å². The van der Waals surface area contributed by atoms with Crippen molar-refractivity contribution in [3.8, 4) is 0 Å². The Hall–Kier alpha value is -2.71. The lowest BCUT2D eigenvalue weighted by atomic mass is 10.1. The third-order valence-corrected chi connectivity index (χ3v) is 7.39. The zero-order valence-electron chi connectivity index (χ0n) is 19.7. The largest absolute Gasteiger partial charge is 0.354 e. The summed E-state index contributed by atoms with van der Waals surface area (Å²) in [6.45, 7) is 4.91. The summed E-state index contributed by atoms with van der Waals surface area (Å²) in [6.07, 6.45) is 1.99. The van der Waals surface area contributed by atoms with E-state index in [1.165, 1.54) is 11.4 Å². The highest BCUT2D eigenvalue weighted by Gasteiger charge is 2.26. The molecule has 0 heterocycles. The van der Waals surface area contributed by atoms with Crippen LogP contribution in [0.5, 0.6) is 0 Å². The molecule has 0 fully saturated rings. The first-order valence-corrected chi connectivity index (χ1v) is 12.8. The van der Waals surface area contributed by atoms with Gasteiger partial charge in [-0.1, -0.05) is 55.5 Å². The van der Waals surface area contributed by atoms with Crippen LogP contribution in [0.2, 0.25) is 0 Å². The fraction of sp³-hybridized carbons (Fsp3) is 0.440. The molecule has 1 atom stereocenters. The standard InChI is InChI=1S/C25H35N3O4S/c1-4-18-26-25(30)21(2)28(20-17-22-12-7-5-8-13-22)24(29)16-11-19-27(3)33(31,32)23-14-9-6-10-15-23/h5-10,12-15,21H,4,11,16-20H2,1-3H3,(H,26,30)/t21-/m0/s1. The van der Waals surface area contributed by atoms with Crippen LogP contribution in [0, 0.1) is 0 Å². The van der Waals surface area contributed by atoms with Gasteiger partial charge < -0.3 is 10.2 Å². The monoisotopic (exact) mass is 473 g/mol. The molecular formula is C25H35N3O4S. The van der Waals surface area contributed by atoms with Crippen LogP contribution < -0.4 is 5.32 Å². The lowest BCUT2D eigenvalue weighted by Gasteiger charge is -2.29. The normalized spacial score (nSPS) is 12.4. The smallest absolute Gasteiger partial charge is 0.242 e. The van der Waals surface area contributed by atoms with Crippen LogP contribution >= 0.6 is 0 Å². The van der Waals surface area contributed by atoms with Crippen LogP contribution in [0.25, 0.3) is 0 Å². The molecule has 0 aliphatic heterocycles. The quantitative estimate of drug-likeness (QED) is 0.484. The molecule has 8 heteroatoms. The summed E-state index contributed by atoms with van der Waals surface area (Å²) in [4.78, 5) is 27.4. The van der Waals surface area contributed by atoms with Crippen molar-refractivity contribution in [3.05, 3.63) is 66.2 Å². The number of nitrogens with zero attached hydrogens (tertiary/aromatic N) is 2. The van der Waals surface area contributed by atoms with E-state index >= 15 is 0 Å². The Morgan fingerprint density at radius 2 is 1.58 bits per heavy atom. The fourth-order valence-corrected chi connectivity index (χ4v) is 4.69. The van der Waals surface area contributed by atoms with Crippen molar-refractivity contribution >= 4 is 21.8 Å². The zero-order valence-corrected chi connectivity index (χ0v) is 20.6. The van der Waals surface area contributed by atoms with Crippen LogP contribution in [0.15, 0.2) is 65.6 Å². The van der Waals surface area contributed by atoms with E-state index in [-0.39, 0.29) is 29.7 Å². The molecule has 0 aliphatic carbocycles. The average Bonchev–Trinajstić information content (AvgIpc) is 2.83. The number of carbonyl (C=O) groups is 2. The lowest BCUT2D eigenvalue weighted by Crippen LogP contribution is -2.49. The first-order valence-electron chi connectivity index (χ1n) is 11.4. The van der Waals surface area contributed by atoms with Gasteiger partial charge in [0.1, 0.15) is 6.04 Å². The molecular weight excluding hydrogens is 438 g/mol. The van der Waals surface area contributed by atoms with Gasteiger partial charge in [-0.05, 0) is 43.9 Å². The fourth-order valence-electron chi connectivity index (χ4n) is 3.46. The topological polar surface area (TPSA) is 86.8 Å². The van der Waals surface area contributed by atoms with Gasteiger partial charge in [0.25, 0.3) is 0 Å². The summed E-state index contributed by atoms with van der Waals surface area (Å²) in [5, 5.41) is 2.86. The lowest BCUT2D eigenvalue weighted by molar-refractivity contribution is -0.140. The molecule has 0 aliphatic rings. The highest BCUT2D eigenvalue weighted by Crippen LogP contribution is 2.15. The second-order valence-electron chi connectivity index (χ2n) is 8.03. The van der Waals surface area contributed by atoms with Crippen LogP contribution in [0.3, 0.4) is 0 Å². The summed E-state index contributed by atoms with van der Waals surface area (Å²) < 4.78 is 26.6. The molecule has 0 aromatic heterocycles. The minimum atomic E-state index is -3.60. The van der Waals surface area contributed by atoms with Crippen LogP contribution in [-0.2, 0) is 26.0 Å². The molecule has 0 radical (unpaired) electrons. The zero-order chi connectivity index (χ0) is 24.3. The Kier molecular flexibility index (Phi) is 10.5. The van der Waals surface area contributed by atoms with Crippen molar-refractivity contribution in [3.63, 3.8) is 0 Å². The molecule has 0 spiro atoms. The Balaban J connectivity index is 2.00. The van der Waals surface area contributed by atoms with E-state index in [0.717, 1.165) is 12.0 Å². The summed E-state index contributed by atoms with van der Waals surface area (Å²) in [5.74, 6) is -0.336. The van der Waals surface area contributed by atoms with E-state index in [4.69, 9.17) is 0 Å². The molecule has 2 rings (SSSR count). The second-order valence-corrected chi connectivity index (χ2v) is 10.1. The van der Waals surface area contributed by atoms with Crippen molar-refractivity contribution in [1.29, 1.82) is 0 Å². The molecule has 2 amide bonds. The van der Waals surface area contributed by atoms with Crippen LogP contribution in [0.4, 0.5) is 0 Å². The first-order chi connectivity index (χ1) is 15.8. The number of sulfonamides is 1. The van der Waals surface area contributed by atoms with Gasteiger partial charge in [-0.25, -0.2) is 12.7 Å². The third-order valence-electron chi connectivity index (χ3n) is 5.52. The van der Waals surface area contributed by atoms with Crippen LogP contribution in [0.1, 0.15) is 38.7 Å². The van der Waals surface area contributed by atoms with Gasteiger partial charge >= 0.3 is 0 Å². The molecule has 0 saturated heterocycles. The van der Waals surface area contributed by atoms with E-state index in [2.05, 4.69) is 5.32 Å². The van der Waals surface area contributed by atoms with E-state index in [9.17, 15) is 18.0 Å². The second kappa shape index (κ2) is 13.1. The SMILES string of the molecule is CCCNC(=O)[C@H](C)N(CCc1ccccc1)C(=O)CCCN(C)S(=O)(=O)c1ccccc1. The highest BCUT2D eigenvalue weighted by molar-refractivity contribution is 7.89. The Morgan fingerprint density at radius 3 is 2.18 bits per heavy atom. The molecule has 1 N–H and O–H groups in total. The Labute approximate surface area is 197 Å². The maximum atomic E-state index is 13.1. The molecule has 2 aromatic rings. The van der Waals surface area contributed by atoms with Crippen molar-refractivity contribution < 1.29 is 18.0 Å². The molecule has 0 saturated carbocycles. The van der Waals surface area contributed by atoms with Gasteiger partial charge in [-0.3, -0.25) is 9.59 Å². The average molecular weight is 474 g/mol. The molecule has 2 aromatic carbocycles. The van der Waals surface area contributed by atoms with E-state index in [0.29, 0.717) is 25.9 Å². The van der Waals surface area contributed by atoms with Gasteiger partial charge in [0.2, 0.25) is 21.8 Å². The molecule has 0 bridgehead atoms. The first kappa shape index (κ1) is 26.5. The van der Waals surface area contributed by atoms with Gasteiger partial charge in [-0.2, -0.15) is 0 Å². The number of hydrogen-bond donors (Lipinski definition) is 1. The maximum Gasteiger partial charge on any atom is 0.242 e. The maximum absolute atomic E-state index is 13.1. The number of benzene rings is 2. The van der Waals surface area contributed by atoms with Gasteiger partial charge in [0.05, 0.1) is 4.90 Å². The summed E-state index contributed by atoms with van der Waals surface area (Å²) >= 11 is 0. The van der Waals surface area contributed by atoms with E-state index in [1.807, 2.05) is 37.3 Å². The predicted molar refractivity (Wildman–Crippen MR) is 130 cm³/mol. The van der Waals surface area contributed by atoms with Crippen molar-refractivity contribution in [1.82, 2.24) is 14.5 Å². The Morgan fingerprint density at radius 1 is 0.970 bits per heavy atom. The third kappa shape index (κ3) is 7.98. The number of rotatable bonds is 13. The van der Waals surface area contributed by atoms with E-state index < -0.39 is 16.1 Å².